The molecule has 3 aromatic carbocycles. The molecule has 0 aromatic heterocycles. The van der Waals surface area contributed by atoms with E-state index in [-0.39, 0.29) is 12.2 Å². The first-order valence-corrected chi connectivity index (χ1v) is 11.3. The second-order valence-electron chi connectivity index (χ2n) is 7.55. The molecule has 0 atom stereocenters. The van der Waals surface area contributed by atoms with E-state index < -0.39 is 17.8 Å². The van der Waals surface area contributed by atoms with Crippen LogP contribution < -0.4 is 15.0 Å². The Morgan fingerprint density at radius 2 is 1.68 bits per heavy atom. The van der Waals surface area contributed by atoms with E-state index in [4.69, 9.17) is 27.9 Å². The Morgan fingerprint density at radius 3 is 2.35 bits per heavy atom. The quantitative estimate of drug-likeness (QED) is 0.347. The normalized spacial score (nSPS) is 15.0. The molecule has 8 heteroatoms. The third-order valence-electron chi connectivity index (χ3n) is 5.31. The second-order valence-corrected chi connectivity index (χ2v) is 8.36. The number of anilines is 1. The number of ether oxygens (including phenoxy) is 1. The van der Waals surface area contributed by atoms with Gasteiger partial charge in [-0.2, -0.15) is 0 Å². The predicted molar refractivity (Wildman–Crippen MR) is 132 cm³/mol. The number of carbonyl (C=O) groups excluding carboxylic acids is 3. The van der Waals surface area contributed by atoms with Gasteiger partial charge < -0.3 is 4.74 Å². The van der Waals surface area contributed by atoms with E-state index in [1.807, 2.05) is 37.3 Å². The molecule has 0 saturated carbocycles. The largest absolute Gasteiger partial charge is 0.487 e. The molecule has 0 radical (unpaired) electrons. The number of amides is 4. The number of carbonyl (C=O) groups is 3. The molecule has 3 aromatic rings. The summed E-state index contributed by atoms with van der Waals surface area (Å²) < 4.78 is 5.76. The Balaban J connectivity index is 1.56. The number of hydrogen-bond donors (Lipinski definition) is 1. The molecule has 172 valence electrons. The van der Waals surface area contributed by atoms with Crippen molar-refractivity contribution in [3.05, 3.63) is 99.0 Å². The Kier molecular flexibility index (Phi) is 7.01. The lowest BCUT2D eigenvalue weighted by atomic mass is 10.1. The number of aryl methyl sites for hydroxylation is 1. The van der Waals surface area contributed by atoms with Crippen LogP contribution >= 0.6 is 23.2 Å². The van der Waals surface area contributed by atoms with Crippen molar-refractivity contribution in [2.75, 3.05) is 4.90 Å². The van der Waals surface area contributed by atoms with Crippen LogP contribution in [0.15, 0.2) is 72.3 Å². The molecule has 1 saturated heterocycles. The zero-order valence-electron chi connectivity index (χ0n) is 18.2. The monoisotopic (exact) mass is 494 g/mol. The molecule has 1 aliphatic heterocycles. The third kappa shape index (κ3) is 4.98. The molecular weight excluding hydrogens is 475 g/mol. The van der Waals surface area contributed by atoms with Gasteiger partial charge in [-0.1, -0.05) is 66.5 Å². The first-order valence-electron chi connectivity index (χ1n) is 10.5. The predicted octanol–water partition coefficient (Wildman–Crippen LogP) is 5.80. The highest BCUT2D eigenvalue weighted by atomic mass is 35.5. The summed E-state index contributed by atoms with van der Waals surface area (Å²) >= 11 is 12.5. The van der Waals surface area contributed by atoms with Gasteiger partial charge in [-0.3, -0.25) is 14.9 Å². The fourth-order valence-electron chi connectivity index (χ4n) is 3.43. The van der Waals surface area contributed by atoms with Crippen molar-refractivity contribution >= 4 is 52.8 Å². The standard InChI is InChI=1S/C26H20Cl2N2O4/c1-2-16-7-10-19(11-8-16)30-25(32)20(24(31)29-26(30)33)13-17-9-12-23(22(28)14-17)34-15-18-5-3-4-6-21(18)27/h3-14H,2,15H2,1H3,(H,29,31,33)/b20-13+. The number of barbiturate groups is 1. The average molecular weight is 495 g/mol. The molecule has 0 spiro atoms. The van der Waals surface area contributed by atoms with Crippen LogP contribution in [0.1, 0.15) is 23.6 Å². The highest BCUT2D eigenvalue weighted by Gasteiger charge is 2.36. The maximum Gasteiger partial charge on any atom is 0.335 e. The Labute approximate surface area is 206 Å². The van der Waals surface area contributed by atoms with Gasteiger partial charge in [-0.15, -0.1) is 0 Å². The molecule has 0 unspecified atom stereocenters. The van der Waals surface area contributed by atoms with Crippen LogP contribution in [0.5, 0.6) is 5.75 Å². The number of halogens is 2. The topological polar surface area (TPSA) is 75.7 Å². The van der Waals surface area contributed by atoms with Gasteiger partial charge in [-0.25, -0.2) is 9.69 Å². The number of hydrogen-bond acceptors (Lipinski definition) is 4. The maximum atomic E-state index is 13.1. The Hall–Kier alpha value is -3.61. The number of rotatable bonds is 6. The number of benzene rings is 3. The molecular formula is C26H20Cl2N2O4. The molecule has 1 aliphatic rings. The van der Waals surface area contributed by atoms with Crippen molar-refractivity contribution in [2.24, 2.45) is 0 Å². The zero-order chi connectivity index (χ0) is 24.2. The summed E-state index contributed by atoms with van der Waals surface area (Å²) in [5.74, 6) is -1.06. The summed E-state index contributed by atoms with van der Waals surface area (Å²) in [6.07, 6.45) is 2.21. The summed E-state index contributed by atoms with van der Waals surface area (Å²) in [7, 11) is 0. The highest BCUT2D eigenvalue weighted by Crippen LogP contribution is 2.29. The first kappa shape index (κ1) is 23.5. The molecule has 0 bridgehead atoms. The summed E-state index contributed by atoms with van der Waals surface area (Å²) in [6, 6.07) is 18.4. The molecule has 1 fully saturated rings. The molecule has 1 N–H and O–H groups in total. The Morgan fingerprint density at radius 1 is 0.941 bits per heavy atom. The lowest BCUT2D eigenvalue weighted by Gasteiger charge is -2.26. The van der Waals surface area contributed by atoms with Crippen LogP contribution in [0, 0.1) is 0 Å². The van der Waals surface area contributed by atoms with Gasteiger partial charge in [0.05, 0.1) is 10.7 Å². The van der Waals surface area contributed by atoms with Crippen LogP contribution in [0.3, 0.4) is 0 Å². The van der Waals surface area contributed by atoms with Gasteiger partial charge in [0.2, 0.25) is 0 Å². The van der Waals surface area contributed by atoms with Crippen LogP contribution in [0.2, 0.25) is 10.0 Å². The number of imide groups is 2. The van der Waals surface area contributed by atoms with E-state index in [9.17, 15) is 14.4 Å². The van der Waals surface area contributed by atoms with Crippen molar-refractivity contribution in [1.82, 2.24) is 5.32 Å². The van der Waals surface area contributed by atoms with Gasteiger partial charge >= 0.3 is 6.03 Å². The Bertz CT molecular complexity index is 1300. The van der Waals surface area contributed by atoms with Crippen LogP contribution in [-0.4, -0.2) is 17.8 Å². The molecule has 4 amide bonds. The fourth-order valence-corrected chi connectivity index (χ4v) is 3.87. The van der Waals surface area contributed by atoms with Crippen LogP contribution in [0.25, 0.3) is 6.08 Å². The highest BCUT2D eigenvalue weighted by molar-refractivity contribution is 6.39. The molecule has 34 heavy (non-hydrogen) atoms. The first-order chi connectivity index (χ1) is 16.4. The van der Waals surface area contributed by atoms with Crippen molar-refractivity contribution in [3.8, 4) is 5.75 Å². The van der Waals surface area contributed by atoms with Crippen molar-refractivity contribution in [1.29, 1.82) is 0 Å². The summed E-state index contributed by atoms with van der Waals surface area (Å²) in [6.45, 7) is 2.24. The van der Waals surface area contributed by atoms with Crippen molar-refractivity contribution in [3.63, 3.8) is 0 Å². The van der Waals surface area contributed by atoms with Gasteiger partial charge in [0.25, 0.3) is 11.8 Å². The second kappa shape index (κ2) is 10.1. The van der Waals surface area contributed by atoms with Gasteiger partial charge in [0.1, 0.15) is 17.9 Å². The van der Waals surface area contributed by atoms with Crippen LogP contribution in [0.4, 0.5) is 10.5 Å². The minimum absolute atomic E-state index is 0.181. The van der Waals surface area contributed by atoms with Gasteiger partial charge in [-0.05, 0) is 54.0 Å². The minimum Gasteiger partial charge on any atom is -0.487 e. The number of nitrogens with zero attached hydrogens (tertiary/aromatic N) is 1. The van der Waals surface area contributed by atoms with E-state index in [0.29, 0.717) is 27.0 Å². The molecule has 4 rings (SSSR count). The van der Waals surface area contributed by atoms with Crippen LogP contribution in [-0.2, 0) is 22.6 Å². The van der Waals surface area contributed by atoms with E-state index >= 15 is 0 Å². The van der Waals surface area contributed by atoms with E-state index in [1.165, 1.54) is 6.08 Å². The summed E-state index contributed by atoms with van der Waals surface area (Å²) in [5.41, 5.74) is 2.57. The maximum absolute atomic E-state index is 13.1. The lowest BCUT2D eigenvalue weighted by Crippen LogP contribution is -2.54. The summed E-state index contributed by atoms with van der Waals surface area (Å²) in [5, 5.41) is 3.10. The number of nitrogens with one attached hydrogen (secondary N) is 1. The van der Waals surface area contributed by atoms with Gasteiger partial charge in [0.15, 0.2) is 0 Å². The average Bonchev–Trinajstić information content (AvgIpc) is 2.82. The smallest absolute Gasteiger partial charge is 0.335 e. The SMILES string of the molecule is CCc1ccc(N2C(=O)NC(=O)/C(=C\c3ccc(OCc4ccccc4Cl)c(Cl)c3)C2=O)cc1. The zero-order valence-corrected chi connectivity index (χ0v) is 19.7. The molecule has 6 nitrogen and oxygen atoms in total. The fraction of sp³-hybridized carbons (Fsp3) is 0.115. The van der Waals surface area contributed by atoms with Crippen molar-refractivity contribution < 1.29 is 19.1 Å². The minimum atomic E-state index is -0.794. The van der Waals surface area contributed by atoms with E-state index in [1.54, 1.807) is 36.4 Å². The van der Waals surface area contributed by atoms with Gasteiger partial charge in [0, 0.05) is 10.6 Å². The summed E-state index contributed by atoms with van der Waals surface area (Å²) in [4.78, 5) is 38.8. The molecule has 1 heterocycles. The third-order valence-corrected chi connectivity index (χ3v) is 5.98. The molecule has 0 aliphatic carbocycles. The van der Waals surface area contributed by atoms with Crippen molar-refractivity contribution in [2.45, 2.75) is 20.0 Å². The lowest BCUT2D eigenvalue weighted by molar-refractivity contribution is -0.122. The van der Waals surface area contributed by atoms with E-state index in [2.05, 4.69) is 5.32 Å². The van der Waals surface area contributed by atoms with E-state index in [0.717, 1.165) is 22.4 Å². The number of urea groups is 1.